The van der Waals surface area contributed by atoms with Crippen molar-refractivity contribution in [3.05, 3.63) is 29.8 Å². The van der Waals surface area contributed by atoms with Crippen LogP contribution in [0.4, 0.5) is 0 Å². The quantitative estimate of drug-likeness (QED) is 0.785. The predicted molar refractivity (Wildman–Crippen MR) is 75.9 cm³/mol. The van der Waals surface area contributed by atoms with Crippen molar-refractivity contribution in [2.24, 2.45) is 0 Å². The Kier molecular flexibility index (Phi) is 3.49. The lowest BCUT2D eigenvalue weighted by Crippen LogP contribution is -2.61. The van der Waals surface area contributed by atoms with Gasteiger partial charge in [0.25, 0.3) is 5.91 Å². The van der Waals surface area contributed by atoms with Gasteiger partial charge in [0.15, 0.2) is 0 Å². The summed E-state index contributed by atoms with van der Waals surface area (Å²) in [6.07, 6.45) is 1.48. The zero-order chi connectivity index (χ0) is 15.7. The van der Waals surface area contributed by atoms with Crippen molar-refractivity contribution in [1.29, 1.82) is 5.26 Å². The lowest BCUT2D eigenvalue weighted by Gasteiger charge is -2.39. The van der Waals surface area contributed by atoms with Gasteiger partial charge >= 0.3 is 5.97 Å². The lowest BCUT2D eigenvalue weighted by atomic mass is 10.0. The molecule has 1 amide bonds. The number of cyclic esters (lactones) is 1. The minimum atomic E-state index is -1.30. The first-order valence-corrected chi connectivity index (χ1v) is 7.20. The zero-order valence-corrected chi connectivity index (χ0v) is 12.2. The fourth-order valence-electron chi connectivity index (χ4n) is 2.83. The van der Waals surface area contributed by atoms with Gasteiger partial charge in [0, 0.05) is 6.54 Å². The lowest BCUT2D eigenvalue weighted by molar-refractivity contribution is -0.191. The molecule has 2 saturated heterocycles. The van der Waals surface area contributed by atoms with Crippen LogP contribution in [0.15, 0.2) is 24.3 Å². The third-order valence-electron chi connectivity index (χ3n) is 4.06. The van der Waals surface area contributed by atoms with E-state index < -0.39 is 11.6 Å². The molecule has 0 spiro atoms. The maximum atomic E-state index is 12.5. The van der Waals surface area contributed by atoms with Gasteiger partial charge in [-0.15, -0.1) is 0 Å². The van der Waals surface area contributed by atoms with Gasteiger partial charge < -0.3 is 14.4 Å². The van der Waals surface area contributed by atoms with Crippen molar-refractivity contribution < 1.29 is 19.1 Å². The standard InChI is InChI=1S/C16H16N2O4/c1-16(10-21-12-6-4-11(9-17)5-7-12)15(20)18-8-2-3-13(18)14(19)22-16/h4-7,13H,2-3,8,10H2,1H3/t13-,16+/m1/s1. The molecule has 0 unspecified atom stereocenters. The number of benzene rings is 1. The molecule has 114 valence electrons. The molecular weight excluding hydrogens is 284 g/mol. The topological polar surface area (TPSA) is 79.6 Å². The molecule has 22 heavy (non-hydrogen) atoms. The van der Waals surface area contributed by atoms with E-state index in [0.717, 1.165) is 6.42 Å². The molecule has 0 aromatic heterocycles. The summed E-state index contributed by atoms with van der Waals surface area (Å²) in [6.45, 7) is 2.11. The van der Waals surface area contributed by atoms with Crippen LogP contribution in [0, 0.1) is 11.3 Å². The number of nitriles is 1. The van der Waals surface area contributed by atoms with Crippen LogP contribution in [0.5, 0.6) is 5.75 Å². The molecule has 2 heterocycles. The summed E-state index contributed by atoms with van der Waals surface area (Å²) in [4.78, 5) is 26.1. The molecule has 6 heteroatoms. The number of morpholine rings is 1. The van der Waals surface area contributed by atoms with Gasteiger partial charge in [-0.2, -0.15) is 5.26 Å². The van der Waals surface area contributed by atoms with Gasteiger partial charge in [-0.05, 0) is 44.0 Å². The van der Waals surface area contributed by atoms with Crippen LogP contribution in [0.2, 0.25) is 0 Å². The number of hydrogen-bond acceptors (Lipinski definition) is 5. The summed E-state index contributed by atoms with van der Waals surface area (Å²) in [7, 11) is 0. The molecule has 2 atom stereocenters. The Morgan fingerprint density at radius 1 is 1.41 bits per heavy atom. The van der Waals surface area contributed by atoms with Crippen LogP contribution >= 0.6 is 0 Å². The number of nitrogens with zero attached hydrogens (tertiary/aromatic N) is 2. The minimum absolute atomic E-state index is 0.0489. The number of amides is 1. The Hall–Kier alpha value is -2.55. The van der Waals surface area contributed by atoms with Crippen molar-refractivity contribution >= 4 is 11.9 Å². The average molecular weight is 300 g/mol. The minimum Gasteiger partial charge on any atom is -0.489 e. The first-order valence-electron chi connectivity index (χ1n) is 7.20. The number of carbonyl (C=O) groups excluding carboxylic acids is 2. The third kappa shape index (κ3) is 2.39. The summed E-state index contributed by atoms with van der Waals surface area (Å²) in [6, 6.07) is 8.14. The number of esters is 1. The number of hydrogen-bond donors (Lipinski definition) is 0. The smallest absolute Gasteiger partial charge is 0.330 e. The SMILES string of the molecule is C[C@@]1(COc2ccc(C#N)cc2)OC(=O)[C@H]2CCCN2C1=O. The highest BCUT2D eigenvalue weighted by Crippen LogP contribution is 2.31. The highest BCUT2D eigenvalue weighted by Gasteiger charge is 2.52. The van der Waals surface area contributed by atoms with E-state index in [-0.39, 0.29) is 18.5 Å². The highest BCUT2D eigenvalue weighted by molar-refractivity contribution is 5.95. The highest BCUT2D eigenvalue weighted by atomic mass is 16.6. The third-order valence-corrected chi connectivity index (χ3v) is 4.06. The Morgan fingerprint density at radius 3 is 2.82 bits per heavy atom. The molecule has 0 bridgehead atoms. The van der Waals surface area contributed by atoms with Crippen molar-refractivity contribution in [2.75, 3.05) is 13.2 Å². The fraction of sp³-hybridized carbons (Fsp3) is 0.438. The van der Waals surface area contributed by atoms with Gasteiger partial charge in [-0.3, -0.25) is 4.79 Å². The fourth-order valence-corrected chi connectivity index (χ4v) is 2.83. The summed E-state index contributed by atoms with van der Waals surface area (Å²) >= 11 is 0. The zero-order valence-electron chi connectivity index (χ0n) is 12.2. The van der Waals surface area contributed by atoms with Gasteiger partial charge in [-0.25, -0.2) is 4.79 Å². The second-order valence-electron chi connectivity index (χ2n) is 5.73. The normalized spacial score (nSPS) is 27.1. The molecule has 0 aliphatic carbocycles. The van der Waals surface area contributed by atoms with E-state index in [1.165, 1.54) is 0 Å². The van der Waals surface area contributed by atoms with Gasteiger partial charge in [0.05, 0.1) is 11.6 Å². The second kappa shape index (κ2) is 5.34. The van der Waals surface area contributed by atoms with Crippen molar-refractivity contribution in [2.45, 2.75) is 31.4 Å². The number of carbonyl (C=O) groups is 2. The number of rotatable bonds is 3. The first kappa shape index (κ1) is 14.4. The molecular formula is C16H16N2O4. The van der Waals surface area contributed by atoms with Gasteiger partial charge in [0.1, 0.15) is 18.4 Å². The van der Waals surface area contributed by atoms with Crippen molar-refractivity contribution in [3.63, 3.8) is 0 Å². The van der Waals surface area contributed by atoms with Crippen LogP contribution < -0.4 is 4.74 Å². The van der Waals surface area contributed by atoms with Crippen LogP contribution in [-0.2, 0) is 14.3 Å². The molecule has 0 saturated carbocycles. The summed E-state index contributed by atoms with van der Waals surface area (Å²) in [5, 5.41) is 8.76. The van der Waals surface area contributed by atoms with Crippen LogP contribution in [0.25, 0.3) is 0 Å². The van der Waals surface area contributed by atoms with Gasteiger partial charge in [-0.1, -0.05) is 0 Å². The summed E-state index contributed by atoms with van der Waals surface area (Å²) in [5.74, 6) is -0.0427. The Morgan fingerprint density at radius 2 is 2.14 bits per heavy atom. The van der Waals surface area contributed by atoms with Crippen molar-refractivity contribution in [1.82, 2.24) is 4.90 Å². The molecule has 3 rings (SSSR count). The molecule has 2 aliphatic heterocycles. The van der Waals surface area contributed by atoms with E-state index in [0.29, 0.717) is 24.3 Å². The van der Waals surface area contributed by atoms with Crippen LogP contribution in [-0.4, -0.2) is 41.6 Å². The van der Waals surface area contributed by atoms with E-state index >= 15 is 0 Å². The van der Waals surface area contributed by atoms with Crippen LogP contribution in [0.1, 0.15) is 25.3 Å². The largest absolute Gasteiger partial charge is 0.489 e. The maximum absolute atomic E-state index is 12.5. The molecule has 0 N–H and O–H groups in total. The Bertz CT molecular complexity index is 649. The maximum Gasteiger partial charge on any atom is 0.330 e. The molecule has 0 radical (unpaired) electrons. The Balaban J connectivity index is 1.71. The second-order valence-corrected chi connectivity index (χ2v) is 5.73. The molecule has 2 aliphatic rings. The molecule has 1 aromatic rings. The summed E-state index contributed by atoms with van der Waals surface area (Å²) < 4.78 is 10.9. The van der Waals surface area contributed by atoms with E-state index in [1.54, 1.807) is 36.1 Å². The van der Waals surface area contributed by atoms with E-state index in [1.807, 2.05) is 6.07 Å². The Labute approximate surface area is 128 Å². The predicted octanol–water partition coefficient (Wildman–Crippen LogP) is 1.24. The van der Waals surface area contributed by atoms with Crippen LogP contribution in [0.3, 0.4) is 0 Å². The molecule has 2 fully saturated rings. The monoisotopic (exact) mass is 300 g/mol. The number of ether oxygens (including phenoxy) is 2. The van der Waals surface area contributed by atoms with E-state index in [2.05, 4.69) is 0 Å². The summed E-state index contributed by atoms with van der Waals surface area (Å²) in [5.41, 5.74) is -0.773. The number of fused-ring (bicyclic) bond motifs is 1. The molecule has 6 nitrogen and oxygen atoms in total. The van der Waals surface area contributed by atoms with Gasteiger partial charge in [0.2, 0.25) is 5.60 Å². The average Bonchev–Trinajstić information content (AvgIpc) is 3.02. The van der Waals surface area contributed by atoms with E-state index in [4.69, 9.17) is 14.7 Å². The van der Waals surface area contributed by atoms with E-state index in [9.17, 15) is 9.59 Å². The first-order chi connectivity index (χ1) is 10.5. The van der Waals surface area contributed by atoms with Crippen molar-refractivity contribution in [3.8, 4) is 11.8 Å². The molecule has 1 aromatic carbocycles.